The Balaban J connectivity index is 2.53. The van der Waals surface area contributed by atoms with Crippen molar-refractivity contribution in [3.63, 3.8) is 0 Å². The van der Waals surface area contributed by atoms with Crippen LogP contribution in [0.1, 0.15) is 29.0 Å². The lowest BCUT2D eigenvalue weighted by atomic mass is 10.0. The summed E-state index contributed by atoms with van der Waals surface area (Å²) in [4.78, 5) is 0.984. The minimum absolute atomic E-state index is 0.257. The molecule has 2 aromatic rings. The van der Waals surface area contributed by atoms with Crippen molar-refractivity contribution in [2.24, 2.45) is 0 Å². The van der Waals surface area contributed by atoms with Crippen LogP contribution in [-0.2, 0) is 0 Å². The molecule has 0 aliphatic heterocycles. The standard InChI is InChI=1S/C15H17ClFNOS/c1-4-18-14(12-8-9(2)15(16)20-12)13-10(17)6-5-7-11(13)19-3/h5-8,14,18H,4H2,1-3H3. The van der Waals surface area contributed by atoms with Gasteiger partial charge in [-0.25, -0.2) is 4.39 Å². The van der Waals surface area contributed by atoms with Crippen LogP contribution in [0.2, 0.25) is 4.34 Å². The zero-order chi connectivity index (χ0) is 14.7. The summed E-state index contributed by atoms with van der Waals surface area (Å²) in [5.74, 6) is 0.260. The number of hydrogen-bond acceptors (Lipinski definition) is 3. The molecule has 108 valence electrons. The Morgan fingerprint density at radius 2 is 2.20 bits per heavy atom. The molecule has 0 amide bonds. The summed E-state index contributed by atoms with van der Waals surface area (Å²) in [6, 6.07) is 6.60. The van der Waals surface area contributed by atoms with E-state index in [2.05, 4.69) is 5.32 Å². The van der Waals surface area contributed by atoms with Gasteiger partial charge in [-0.05, 0) is 37.2 Å². The van der Waals surface area contributed by atoms with Crippen LogP contribution in [-0.4, -0.2) is 13.7 Å². The van der Waals surface area contributed by atoms with Crippen LogP contribution in [0.3, 0.4) is 0 Å². The lowest BCUT2D eigenvalue weighted by Gasteiger charge is -2.20. The number of thiophene rings is 1. The molecule has 1 N–H and O–H groups in total. The van der Waals surface area contributed by atoms with Crippen molar-refractivity contribution in [2.45, 2.75) is 19.9 Å². The van der Waals surface area contributed by atoms with Crippen molar-refractivity contribution < 1.29 is 9.13 Å². The summed E-state index contributed by atoms with van der Waals surface area (Å²) in [5.41, 5.74) is 1.53. The second-order valence-corrected chi connectivity index (χ2v) is 6.14. The van der Waals surface area contributed by atoms with Crippen molar-refractivity contribution in [3.8, 4) is 5.75 Å². The third-order valence-electron chi connectivity index (χ3n) is 3.09. The van der Waals surface area contributed by atoms with Crippen molar-refractivity contribution >= 4 is 22.9 Å². The summed E-state index contributed by atoms with van der Waals surface area (Å²) in [6.07, 6.45) is 0. The van der Waals surface area contributed by atoms with Crippen LogP contribution < -0.4 is 10.1 Å². The lowest BCUT2D eigenvalue weighted by molar-refractivity contribution is 0.398. The summed E-state index contributed by atoms with van der Waals surface area (Å²) in [6.45, 7) is 4.66. The van der Waals surface area contributed by atoms with Gasteiger partial charge in [-0.3, -0.25) is 0 Å². The highest BCUT2D eigenvalue weighted by Crippen LogP contribution is 2.38. The second-order valence-electron chi connectivity index (χ2n) is 4.45. The van der Waals surface area contributed by atoms with E-state index in [-0.39, 0.29) is 11.9 Å². The molecule has 0 saturated carbocycles. The minimum atomic E-state index is -0.280. The molecule has 5 heteroatoms. The van der Waals surface area contributed by atoms with Crippen LogP contribution in [0.4, 0.5) is 4.39 Å². The Hall–Kier alpha value is -1.10. The fourth-order valence-electron chi connectivity index (χ4n) is 2.15. The first-order valence-corrected chi connectivity index (χ1v) is 7.59. The summed E-state index contributed by atoms with van der Waals surface area (Å²) in [7, 11) is 1.55. The molecule has 2 nitrogen and oxygen atoms in total. The van der Waals surface area contributed by atoms with E-state index in [1.54, 1.807) is 19.2 Å². The number of ether oxygens (including phenoxy) is 1. The van der Waals surface area contributed by atoms with Crippen LogP contribution >= 0.6 is 22.9 Å². The molecular weight excluding hydrogens is 297 g/mol. The Morgan fingerprint density at radius 3 is 2.75 bits per heavy atom. The van der Waals surface area contributed by atoms with Gasteiger partial charge < -0.3 is 10.1 Å². The molecule has 0 fully saturated rings. The minimum Gasteiger partial charge on any atom is -0.496 e. The first-order chi connectivity index (χ1) is 9.58. The molecule has 1 aromatic carbocycles. The summed E-state index contributed by atoms with van der Waals surface area (Å²) >= 11 is 7.61. The van der Waals surface area contributed by atoms with E-state index in [1.165, 1.54) is 17.4 Å². The zero-order valence-electron chi connectivity index (χ0n) is 11.7. The molecular formula is C15H17ClFNOS. The predicted molar refractivity (Wildman–Crippen MR) is 82.5 cm³/mol. The topological polar surface area (TPSA) is 21.3 Å². The van der Waals surface area contributed by atoms with Gasteiger partial charge in [0.25, 0.3) is 0 Å². The van der Waals surface area contributed by atoms with Gasteiger partial charge in [0.2, 0.25) is 0 Å². The second kappa shape index (κ2) is 6.57. The number of rotatable bonds is 5. The molecule has 0 aliphatic rings. The molecule has 20 heavy (non-hydrogen) atoms. The number of methoxy groups -OCH3 is 1. The highest BCUT2D eigenvalue weighted by molar-refractivity contribution is 7.16. The van der Waals surface area contributed by atoms with Crippen molar-refractivity contribution in [3.05, 3.63) is 50.4 Å². The summed E-state index contributed by atoms with van der Waals surface area (Å²) < 4.78 is 20.3. The number of halogens is 2. The van der Waals surface area contributed by atoms with E-state index in [4.69, 9.17) is 16.3 Å². The maximum Gasteiger partial charge on any atom is 0.132 e. The van der Waals surface area contributed by atoms with E-state index >= 15 is 0 Å². The fraction of sp³-hybridized carbons (Fsp3) is 0.333. The monoisotopic (exact) mass is 313 g/mol. The number of hydrogen-bond donors (Lipinski definition) is 1. The number of nitrogens with one attached hydrogen (secondary N) is 1. The SMILES string of the molecule is CCNC(c1cc(C)c(Cl)s1)c1c(F)cccc1OC. The third-order valence-corrected chi connectivity index (χ3v) is 4.71. The van der Waals surface area contributed by atoms with Crippen LogP contribution in [0.15, 0.2) is 24.3 Å². The van der Waals surface area contributed by atoms with Gasteiger partial charge in [0.15, 0.2) is 0 Å². The zero-order valence-corrected chi connectivity index (χ0v) is 13.2. The van der Waals surface area contributed by atoms with Crippen LogP contribution in [0.25, 0.3) is 0 Å². The van der Waals surface area contributed by atoms with E-state index < -0.39 is 0 Å². The normalized spacial score (nSPS) is 12.4. The van der Waals surface area contributed by atoms with E-state index in [9.17, 15) is 4.39 Å². The first-order valence-electron chi connectivity index (χ1n) is 6.40. The molecule has 2 rings (SSSR count). The number of aryl methyl sites for hydroxylation is 1. The largest absolute Gasteiger partial charge is 0.496 e. The third kappa shape index (κ3) is 2.97. The smallest absolute Gasteiger partial charge is 0.132 e. The first kappa shape index (κ1) is 15.3. The van der Waals surface area contributed by atoms with Gasteiger partial charge in [0.05, 0.1) is 23.1 Å². The van der Waals surface area contributed by atoms with Crippen LogP contribution in [0.5, 0.6) is 5.75 Å². The van der Waals surface area contributed by atoms with Crippen molar-refractivity contribution in [2.75, 3.05) is 13.7 Å². The van der Waals surface area contributed by atoms with Crippen molar-refractivity contribution in [1.82, 2.24) is 5.32 Å². The molecule has 0 saturated heterocycles. The van der Waals surface area contributed by atoms with Gasteiger partial charge in [0, 0.05) is 4.88 Å². The Kier molecular flexibility index (Phi) is 5.02. The molecule has 0 spiro atoms. The molecule has 1 unspecified atom stereocenters. The summed E-state index contributed by atoms with van der Waals surface area (Å²) in [5, 5.41) is 3.30. The maximum atomic E-state index is 14.3. The Morgan fingerprint density at radius 1 is 1.45 bits per heavy atom. The van der Waals surface area contributed by atoms with Gasteiger partial charge >= 0.3 is 0 Å². The van der Waals surface area contributed by atoms with Gasteiger partial charge in [-0.1, -0.05) is 24.6 Å². The molecule has 0 aliphatic carbocycles. The molecule has 1 heterocycles. The molecule has 0 radical (unpaired) electrons. The average Bonchev–Trinajstić information content (AvgIpc) is 2.76. The van der Waals surface area contributed by atoms with Crippen LogP contribution in [0, 0.1) is 12.7 Å². The van der Waals surface area contributed by atoms with E-state index in [0.29, 0.717) is 11.3 Å². The van der Waals surface area contributed by atoms with Crippen molar-refractivity contribution in [1.29, 1.82) is 0 Å². The number of benzene rings is 1. The Bertz CT molecular complexity index is 580. The highest BCUT2D eigenvalue weighted by atomic mass is 35.5. The molecule has 1 atom stereocenters. The average molecular weight is 314 g/mol. The maximum absolute atomic E-state index is 14.3. The quantitative estimate of drug-likeness (QED) is 0.874. The van der Waals surface area contributed by atoms with E-state index in [0.717, 1.165) is 21.3 Å². The predicted octanol–water partition coefficient (Wildman–Crippen LogP) is 4.56. The fourth-order valence-corrected chi connectivity index (χ4v) is 3.45. The Labute approximate surface area is 127 Å². The molecule has 0 bridgehead atoms. The van der Waals surface area contributed by atoms with Gasteiger partial charge in [-0.15, -0.1) is 11.3 Å². The molecule has 1 aromatic heterocycles. The van der Waals surface area contributed by atoms with E-state index in [1.807, 2.05) is 19.9 Å². The lowest BCUT2D eigenvalue weighted by Crippen LogP contribution is -2.22. The van der Waals surface area contributed by atoms with Gasteiger partial charge in [-0.2, -0.15) is 0 Å². The van der Waals surface area contributed by atoms with Gasteiger partial charge in [0.1, 0.15) is 11.6 Å². The highest BCUT2D eigenvalue weighted by Gasteiger charge is 2.23.